The molecule has 1 aromatic rings. The summed E-state index contributed by atoms with van der Waals surface area (Å²) < 4.78 is 2.06. The molecule has 12 heavy (non-hydrogen) atoms. The molecule has 0 spiro atoms. The van der Waals surface area contributed by atoms with Gasteiger partial charge in [0.25, 0.3) is 0 Å². The number of hydrogen-bond acceptors (Lipinski definition) is 1. The summed E-state index contributed by atoms with van der Waals surface area (Å²) in [4.78, 5) is 0. The molecule has 1 radical (unpaired) electrons. The Morgan fingerprint density at radius 1 is 1.33 bits per heavy atom. The minimum Gasteiger partial charge on any atom is -0.269 e. The zero-order chi connectivity index (χ0) is 8.97. The second kappa shape index (κ2) is 4.29. The molecule has 0 aromatic carbocycles. The monoisotopic (exact) mass is 165 g/mol. The van der Waals surface area contributed by atoms with Gasteiger partial charge < -0.3 is 0 Å². The Balaban J connectivity index is 2.90. The van der Waals surface area contributed by atoms with E-state index in [9.17, 15) is 0 Å². The van der Waals surface area contributed by atoms with E-state index in [1.165, 1.54) is 17.7 Å². The van der Waals surface area contributed by atoms with Crippen LogP contribution in [0.4, 0.5) is 0 Å². The maximum atomic E-state index is 4.22. The Hall–Kier alpha value is -0.790. The lowest BCUT2D eigenvalue weighted by atomic mass is 10.1. The van der Waals surface area contributed by atoms with E-state index in [0.29, 0.717) is 0 Å². The molecule has 0 fully saturated rings. The van der Waals surface area contributed by atoms with Crippen molar-refractivity contribution >= 4 is 0 Å². The zero-order valence-corrected chi connectivity index (χ0v) is 8.22. The minimum absolute atomic E-state index is 0.964. The summed E-state index contributed by atoms with van der Waals surface area (Å²) in [5.41, 5.74) is 2.67. The maximum absolute atomic E-state index is 4.22. The van der Waals surface area contributed by atoms with Crippen molar-refractivity contribution in [2.24, 2.45) is 0 Å². The third kappa shape index (κ3) is 1.68. The lowest BCUT2D eigenvalue weighted by Gasteiger charge is -2.04. The van der Waals surface area contributed by atoms with Gasteiger partial charge in [-0.15, -0.1) is 0 Å². The van der Waals surface area contributed by atoms with Crippen molar-refractivity contribution in [2.75, 3.05) is 0 Å². The molecule has 1 heterocycles. The van der Waals surface area contributed by atoms with Gasteiger partial charge >= 0.3 is 0 Å². The summed E-state index contributed by atoms with van der Waals surface area (Å²) in [6.45, 7) is 7.45. The van der Waals surface area contributed by atoms with Crippen molar-refractivity contribution in [3.8, 4) is 0 Å². The first kappa shape index (κ1) is 9.30. The van der Waals surface area contributed by atoms with Crippen LogP contribution >= 0.6 is 0 Å². The van der Waals surface area contributed by atoms with Gasteiger partial charge in [0.2, 0.25) is 0 Å². The summed E-state index contributed by atoms with van der Waals surface area (Å²) in [5.74, 6) is 0. The summed E-state index contributed by atoms with van der Waals surface area (Å²) in [5, 5.41) is 4.22. The highest BCUT2D eigenvalue weighted by molar-refractivity contribution is 5.16. The van der Waals surface area contributed by atoms with Gasteiger partial charge in [-0.05, 0) is 19.8 Å². The van der Waals surface area contributed by atoms with E-state index in [4.69, 9.17) is 0 Å². The van der Waals surface area contributed by atoms with Crippen molar-refractivity contribution in [3.05, 3.63) is 17.5 Å². The van der Waals surface area contributed by atoms with Crippen LogP contribution in [-0.4, -0.2) is 9.78 Å². The van der Waals surface area contributed by atoms with Crippen LogP contribution in [0.25, 0.3) is 0 Å². The molecule has 1 rings (SSSR count). The van der Waals surface area contributed by atoms with Gasteiger partial charge in [0.05, 0.1) is 0 Å². The summed E-state index contributed by atoms with van der Waals surface area (Å²) in [7, 11) is 0. The molecular formula is C10H17N2. The molecule has 2 nitrogen and oxygen atoms in total. The van der Waals surface area contributed by atoms with Crippen molar-refractivity contribution in [1.82, 2.24) is 9.78 Å². The fourth-order valence-electron chi connectivity index (χ4n) is 1.46. The highest BCUT2D eigenvalue weighted by Gasteiger charge is 2.06. The Morgan fingerprint density at radius 2 is 2.08 bits per heavy atom. The number of rotatable bonds is 4. The molecule has 0 saturated carbocycles. The standard InChI is InChI=1S/C10H17N2/c1-4-7-10-9(5-2)8-11-12(10)6-3/h4-7H2,1-3H3. The van der Waals surface area contributed by atoms with Crippen LogP contribution in [-0.2, 0) is 19.4 Å². The Kier molecular flexibility index (Phi) is 3.32. The topological polar surface area (TPSA) is 17.8 Å². The molecule has 0 aliphatic carbocycles. The summed E-state index contributed by atoms with van der Waals surface area (Å²) in [6, 6.07) is 0. The first-order chi connectivity index (χ1) is 5.83. The van der Waals surface area contributed by atoms with Gasteiger partial charge in [-0.2, -0.15) is 5.10 Å². The van der Waals surface area contributed by atoms with Gasteiger partial charge in [0.15, 0.2) is 0 Å². The van der Waals surface area contributed by atoms with Crippen LogP contribution in [0.15, 0.2) is 0 Å². The van der Waals surface area contributed by atoms with Crippen molar-refractivity contribution in [2.45, 2.75) is 46.6 Å². The van der Waals surface area contributed by atoms with Crippen LogP contribution in [0.1, 0.15) is 38.4 Å². The third-order valence-corrected chi connectivity index (χ3v) is 2.11. The number of nitrogens with zero attached hydrogens (tertiary/aromatic N) is 2. The predicted octanol–water partition coefficient (Wildman–Crippen LogP) is 2.22. The minimum atomic E-state index is 0.964. The smallest absolute Gasteiger partial charge is 0.116 e. The molecule has 0 aliphatic rings. The highest BCUT2D eigenvalue weighted by Crippen LogP contribution is 2.10. The third-order valence-electron chi connectivity index (χ3n) is 2.11. The number of aryl methyl sites for hydroxylation is 2. The average molecular weight is 165 g/mol. The zero-order valence-electron chi connectivity index (χ0n) is 8.22. The fourth-order valence-corrected chi connectivity index (χ4v) is 1.46. The largest absolute Gasteiger partial charge is 0.269 e. The van der Waals surface area contributed by atoms with Gasteiger partial charge in [-0.1, -0.05) is 20.3 Å². The first-order valence-corrected chi connectivity index (χ1v) is 4.79. The average Bonchev–Trinajstić information content (AvgIpc) is 2.48. The second-order valence-electron chi connectivity index (χ2n) is 2.96. The number of aromatic nitrogens is 2. The van der Waals surface area contributed by atoms with Crippen molar-refractivity contribution in [3.63, 3.8) is 0 Å². The van der Waals surface area contributed by atoms with Gasteiger partial charge in [-0.3, -0.25) is 4.68 Å². The van der Waals surface area contributed by atoms with E-state index in [1.807, 2.05) is 0 Å². The molecule has 0 saturated heterocycles. The van der Waals surface area contributed by atoms with E-state index in [0.717, 1.165) is 19.4 Å². The molecule has 0 aliphatic heterocycles. The lowest BCUT2D eigenvalue weighted by molar-refractivity contribution is 0.613. The molecule has 0 atom stereocenters. The molecule has 67 valence electrons. The summed E-state index contributed by atoms with van der Waals surface area (Å²) in [6.07, 6.45) is 6.44. The normalized spacial score (nSPS) is 10.6. The summed E-state index contributed by atoms with van der Waals surface area (Å²) >= 11 is 0. The predicted molar refractivity (Wildman–Crippen MR) is 50.1 cm³/mol. The first-order valence-electron chi connectivity index (χ1n) is 4.79. The SMILES string of the molecule is CCCc1c(CC)[c]nn1CC. The fraction of sp³-hybridized carbons (Fsp3) is 0.700. The van der Waals surface area contributed by atoms with Crippen LogP contribution in [0.5, 0.6) is 0 Å². The molecular weight excluding hydrogens is 148 g/mol. The van der Waals surface area contributed by atoms with Crippen LogP contribution < -0.4 is 0 Å². The van der Waals surface area contributed by atoms with E-state index >= 15 is 0 Å². The Labute approximate surface area is 74.6 Å². The highest BCUT2D eigenvalue weighted by atomic mass is 15.3. The molecule has 0 amide bonds. The van der Waals surface area contributed by atoms with E-state index < -0.39 is 0 Å². The Morgan fingerprint density at radius 3 is 2.58 bits per heavy atom. The molecule has 0 unspecified atom stereocenters. The van der Waals surface area contributed by atoms with Crippen LogP contribution in [0.2, 0.25) is 0 Å². The molecule has 0 bridgehead atoms. The molecule has 1 aromatic heterocycles. The van der Waals surface area contributed by atoms with Crippen LogP contribution in [0.3, 0.4) is 0 Å². The quantitative estimate of drug-likeness (QED) is 0.669. The molecule has 0 N–H and O–H groups in total. The van der Waals surface area contributed by atoms with E-state index in [1.54, 1.807) is 0 Å². The van der Waals surface area contributed by atoms with E-state index in [-0.39, 0.29) is 0 Å². The van der Waals surface area contributed by atoms with Gasteiger partial charge in [-0.25, -0.2) is 0 Å². The maximum Gasteiger partial charge on any atom is 0.116 e. The van der Waals surface area contributed by atoms with Gasteiger partial charge in [0.1, 0.15) is 6.20 Å². The van der Waals surface area contributed by atoms with Gasteiger partial charge in [0, 0.05) is 17.8 Å². The lowest BCUT2D eigenvalue weighted by Crippen LogP contribution is -2.03. The Bertz CT molecular complexity index is 216. The van der Waals surface area contributed by atoms with E-state index in [2.05, 4.69) is 36.7 Å². The second-order valence-corrected chi connectivity index (χ2v) is 2.96. The molecule has 2 heteroatoms. The van der Waals surface area contributed by atoms with Crippen LogP contribution in [0, 0.1) is 6.20 Å². The van der Waals surface area contributed by atoms with Crippen molar-refractivity contribution < 1.29 is 0 Å². The number of hydrogen-bond donors (Lipinski definition) is 0. The van der Waals surface area contributed by atoms with Crippen molar-refractivity contribution in [1.29, 1.82) is 0 Å².